The fourth-order valence-electron chi connectivity index (χ4n) is 1.08. The Morgan fingerprint density at radius 1 is 1.56 bits per heavy atom. The Kier molecular flexibility index (Phi) is 2.74. The molecule has 0 spiro atoms. The summed E-state index contributed by atoms with van der Waals surface area (Å²) in [5.74, 6) is 0. The van der Waals surface area contributed by atoms with Gasteiger partial charge < -0.3 is 10.6 Å². The summed E-state index contributed by atoms with van der Waals surface area (Å²) in [6, 6.07) is 0.622. The van der Waals surface area contributed by atoms with E-state index < -0.39 is 0 Å². The summed E-state index contributed by atoms with van der Waals surface area (Å²) in [6.07, 6.45) is 3.04. The van der Waals surface area contributed by atoms with Gasteiger partial charge in [0.2, 0.25) is 0 Å². The molecule has 0 radical (unpaired) electrons. The fourth-order valence-corrected chi connectivity index (χ4v) is 1.08. The second-order valence-corrected chi connectivity index (χ2v) is 2.38. The highest BCUT2D eigenvalue weighted by atomic mass is 15.0. The Hall–Kier alpha value is -0.340. The van der Waals surface area contributed by atoms with E-state index in [2.05, 4.69) is 17.2 Å². The van der Waals surface area contributed by atoms with Crippen LogP contribution in [0.3, 0.4) is 0 Å². The van der Waals surface area contributed by atoms with Gasteiger partial charge in [0.1, 0.15) is 0 Å². The van der Waals surface area contributed by atoms with Crippen LogP contribution >= 0.6 is 0 Å². The molecule has 1 unspecified atom stereocenters. The van der Waals surface area contributed by atoms with Crippen LogP contribution in [0.2, 0.25) is 0 Å². The predicted octanol–water partition coefficient (Wildman–Crippen LogP) is 0.124. The molecule has 2 nitrogen and oxygen atoms in total. The molecule has 0 aliphatic carbocycles. The third-order valence-corrected chi connectivity index (χ3v) is 1.58. The number of hydrogen-bond donors (Lipinski definition) is 2. The summed E-state index contributed by atoms with van der Waals surface area (Å²) < 4.78 is 0. The van der Waals surface area contributed by atoms with E-state index in [4.69, 9.17) is 0 Å². The first kappa shape index (κ1) is 6.78. The molecule has 1 aliphatic rings. The lowest BCUT2D eigenvalue weighted by Crippen LogP contribution is -2.47. The maximum atomic E-state index is 3.69. The first-order chi connectivity index (χ1) is 4.43. The Labute approximate surface area is 56.3 Å². The lowest BCUT2D eigenvalue weighted by Gasteiger charge is -2.22. The second-order valence-electron chi connectivity index (χ2n) is 2.38. The van der Waals surface area contributed by atoms with Gasteiger partial charge in [-0.3, -0.25) is 0 Å². The van der Waals surface area contributed by atoms with E-state index in [-0.39, 0.29) is 0 Å². The van der Waals surface area contributed by atoms with Crippen molar-refractivity contribution in [2.75, 3.05) is 19.6 Å². The summed E-state index contributed by atoms with van der Waals surface area (Å²) >= 11 is 0. The van der Waals surface area contributed by atoms with Crippen LogP contribution in [0.4, 0.5) is 0 Å². The molecule has 0 aromatic rings. The molecule has 1 rings (SSSR count). The quantitative estimate of drug-likeness (QED) is 0.514. The van der Waals surface area contributed by atoms with E-state index in [1.165, 1.54) is 0 Å². The molecule has 52 valence electrons. The third-order valence-electron chi connectivity index (χ3n) is 1.58. The van der Waals surface area contributed by atoms with Crippen LogP contribution in [0.15, 0.2) is 12.7 Å². The average Bonchev–Trinajstić information content (AvgIpc) is 1.91. The van der Waals surface area contributed by atoms with Crippen LogP contribution in [-0.4, -0.2) is 25.7 Å². The second kappa shape index (κ2) is 3.64. The van der Waals surface area contributed by atoms with Crippen LogP contribution in [0.25, 0.3) is 0 Å². The number of piperazine rings is 1. The monoisotopic (exact) mass is 126 g/mol. The summed E-state index contributed by atoms with van der Waals surface area (Å²) in [5, 5.41) is 6.70. The highest BCUT2D eigenvalue weighted by molar-refractivity contribution is 4.82. The fraction of sp³-hybridized carbons (Fsp3) is 0.714. The molecule has 1 heterocycles. The third kappa shape index (κ3) is 2.16. The van der Waals surface area contributed by atoms with Gasteiger partial charge in [-0.2, -0.15) is 0 Å². The summed E-state index contributed by atoms with van der Waals surface area (Å²) in [4.78, 5) is 0. The van der Waals surface area contributed by atoms with Gasteiger partial charge in [-0.25, -0.2) is 0 Å². The van der Waals surface area contributed by atoms with E-state index in [0.717, 1.165) is 26.1 Å². The zero-order valence-corrected chi connectivity index (χ0v) is 5.69. The van der Waals surface area contributed by atoms with E-state index in [1.807, 2.05) is 6.08 Å². The maximum Gasteiger partial charge on any atom is 0.0227 e. The maximum absolute atomic E-state index is 3.69. The topological polar surface area (TPSA) is 24.1 Å². The van der Waals surface area contributed by atoms with Crippen LogP contribution < -0.4 is 10.6 Å². The molecule has 0 aromatic heterocycles. The molecule has 1 aliphatic heterocycles. The molecule has 0 saturated carbocycles. The smallest absolute Gasteiger partial charge is 0.0227 e. The number of rotatable bonds is 2. The zero-order chi connectivity index (χ0) is 6.53. The van der Waals surface area contributed by atoms with Crippen LogP contribution in [-0.2, 0) is 0 Å². The molecule has 2 N–H and O–H groups in total. The summed E-state index contributed by atoms with van der Waals surface area (Å²) in [6.45, 7) is 6.98. The molecule has 2 heteroatoms. The number of hydrogen-bond acceptors (Lipinski definition) is 2. The van der Waals surface area contributed by atoms with Gasteiger partial charge in [0.05, 0.1) is 0 Å². The van der Waals surface area contributed by atoms with Crippen molar-refractivity contribution in [2.45, 2.75) is 12.5 Å². The van der Waals surface area contributed by atoms with Crippen molar-refractivity contribution in [3.05, 3.63) is 12.7 Å². The van der Waals surface area contributed by atoms with E-state index in [0.29, 0.717) is 6.04 Å². The molecular weight excluding hydrogens is 112 g/mol. The average molecular weight is 126 g/mol. The first-order valence-corrected chi connectivity index (χ1v) is 3.48. The Bertz CT molecular complexity index is 84.9. The largest absolute Gasteiger partial charge is 0.314 e. The summed E-state index contributed by atoms with van der Waals surface area (Å²) in [7, 11) is 0. The molecule has 0 aromatic carbocycles. The van der Waals surface area contributed by atoms with Gasteiger partial charge in [-0.15, -0.1) is 6.58 Å². The standard InChI is InChI=1S/C7H14N2/c1-2-3-7-6-8-4-5-9-7/h2,7-9H,1,3-6H2. The van der Waals surface area contributed by atoms with Gasteiger partial charge in [0.25, 0.3) is 0 Å². The lowest BCUT2D eigenvalue weighted by molar-refractivity contribution is 0.421. The van der Waals surface area contributed by atoms with Crippen molar-refractivity contribution in [3.63, 3.8) is 0 Å². The normalized spacial score (nSPS) is 27.8. The minimum atomic E-state index is 0.622. The molecule has 0 amide bonds. The first-order valence-electron chi connectivity index (χ1n) is 3.48. The minimum absolute atomic E-state index is 0.622. The Morgan fingerprint density at radius 3 is 3.00 bits per heavy atom. The predicted molar refractivity (Wildman–Crippen MR) is 39.5 cm³/mol. The van der Waals surface area contributed by atoms with E-state index in [1.54, 1.807) is 0 Å². The molecular formula is C7H14N2. The molecule has 0 bridgehead atoms. The SMILES string of the molecule is C=CCC1CNCCN1. The Morgan fingerprint density at radius 2 is 2.44 bits per heavy atom. The summed E-state index contributed by atoms with van der Waals surface area (Å²) in [5.41, 5.74) is 0. The molecule has 1 fully saturated rings. The van der Waals surface area contributed by atoms with Crippen LogP contribution in [0.5, 0.6) is 0 Å². The van der Waals surface area contributed by atoms with E-state index >= 15 is 0 Å². The van der Waals surface area contributed by atoms with Gasteiger partial charge in [-0.1, -0.05) is 6.08 Å². The van der Waals surface area contributed by atoms with Gasteiger partial charge >= 0.3 is 0 Å². The van der Waals surface area contributed by atoms with Crippen molar-refractivity contribution in [1.82, 2.24) is 10.6 Å². The molecule has 1 atom stereocenters. The van der Waals surface area contributed by atoms with Crippen LogP contribution in [0.1, 0.15) is 6.42 Å². The van der Waals surface area contributed by atoms with Gasteiger partial charge in [-0.05, 0) is 6.42 Å². The van der Waals surface area contributed by atoms with Gasteiger partial charge in [0.15, 0.2) is 0 Å². The zero-order valence-electron chi connectivity index (χ0n) is 5.69. The molecule has 9 heavy (non-hydrogen) atoms. The van der Waals surface area contributed by atoms with Crippen molar-refractivity contribution >= 4 is 0 Å². The van der Waals surface area contributed by atoms with Gasteiger partial charge in [0, 0.05) is 25.7 Å². The van der Waals surface area contributed by atoms with Crippen molar-refractivity contribution < 1.29 is 0 Å². The van der Waals surface area contributed by atoms with E-state index in [9.17, 15) is 0 Å². The highest BCUT2D eigenvalue weighted by Crippen LogP contribution is 1.92. The van der Waals surface area contributed by atoms with Crippen molar-refractivity contribution in [1.29, 1.82) is 0 Å². The van der Waals surface area contributed by atoms with Crippen LogP contribution in [0, 0.1) is 0 Å². The highest BCUT2D eigenvalue weighted by Gasteiger charge is 2.08. The van der Waals surface area contributed by atoms with Crippen molar-refractivity contribution in [3.8, 4) is 0 Å². The molecule has 1 saturated heterocycles. The number of nitrogens with one attached hydrogen (secondary N) is 2. The Balaban J connectivity index is 2.15. The minimum Gasteiger partial charge on any atom is -0.314 e. The lowest BCUT2D eigenvalue weighted by atomic mass is 10.2. The van der Waals surface area contributed by atoms with Crippen molar-refractivity contribution in [2.24, 2.45) is 0 Å².